The Kier molecular flexibility index (Phi) is 9.24. The van der Waals surface area contributed by atoms with Crippen molar-refractivity contribution in [1.29, 1.82) is 0 Å². The number of aliphatic carboxylic acids is 1. The molecule has 0 bridgehead atoms. The van der Waals surface area contributed by atoms with Crippen molar-refractivity contribution < 1.29 is 29.2 Å². The second kappa shape index (κ2) is 12.1. The lowest BCUT2D eigenvalue weighted by Crippen LogP contribution is -2.53. The van der Waals surface area contributed by atoms with E-state index in [0.717, 1.165) is 5.56 Å². The number of thiocarbonyl (C=S) groups is 1. The number of hydrogen-bond donors (Lipinski definition) is 4. The second-order valence-corrected chi connectivity index (χ2v) is 7.24. The van der Waals surface area contributed by atoms with Gasteiger partial charge in [-0.3, -0.25) is 19.7 Å². The maximum Gasteiger partial charge on any atom is 0.328 e. The minimum atomic E-state index is -1.30. The highest BCUT2D eigenvalue weighted by Gasteiger charge is 2.28. The van der Waals surface area contributed by atoms with Crippen LogP contribution in [0.25, 0.3) is 0 Å². The number of nitro benzene ring substituents is 1. The molecule has 0 spiro atoms. The van der Waals surface area contributed by atoms with Crippen molar-refractivity contribution in [3.05, 3.63) is 70.3 Å². The van der Waals surface area contributed by atoms with Gasteiger partial charge in [-0.05, 0) is 29.9 Å². The first-order valence-corrected chi connectivity index (χ1v) is 10.1. The number of methoxy groups -OCH3 is 1. The number of hydrogen-bond acceptors (Lipinski definition) is 7. The van der Waals surface area contributed by atoms with Crippen LogP contribution in [-0.2, 0) is 25.5 Å². The van der Waals surface area contributed by atoms with E-state index < -0.39 is 41.3 Å². The molecule has 174 valence electrons. The van der Waals surface area contributed by atoms with Gasteiger partial charge in [0.2, 0.25) is 5.91 Å². The minimum Gasteiger partial charge on any atom is -0.481 e. The van der Waals surface area contributed by atoms with E-state index in [2.05, 4.69) is 16.0 Å². The summed E-state index contributed by atoms with van der Waals surface area (Å²) in [4.78, 5) is 46.4. The van der Waals surface area contributed by atoms with Crippen molar-refractivity contribution >= 4 is 46.6 Å². The van der Waals surface area contributed by atoms with Gasteiger partial charge >= 0.3 is 11.9 Å². The third-order valence-electron chi connectivity index (χ3n) is 4.42. The highest BCUT2D eigenvalue weighted by Crippen LogP contribution is 2.15. The molecule has 0 aliphatic carbocycles. The normalized spacial score (nSPS) is 12.0. The predicted octanol–water partition coefficient (Wildman–Crippen LogP) is 1.62. The fraction of sp³-hybridized carbons (Fsp3) is 0.238. The van der Waals surface area contributed by atoms with Gasteiger partial charge in [-0.15, -0.1) is 0 Å². The van der Waals surface area contributed by atoms with Crippen LogP contribution in [0.3, 0.4) is 0 Å². The van der Waals surface area contributed by atoms with Crippen molar-refractivity contribution in [1.82, 2.24) is 10.6 Å². The number of anilines is 1. The molecule has 0 saturated carbocycles. The average molecular weight is 474 g/mol. The van der Waals surface area contributed by atoms with Gasteiger partial charge in [-0.25, -0.2) is 4.79 Å². The van der Waals surface area contributed by atoms with E-state index in [9.17, 15) is 29.6 Å². The Labute approximate surface area is 194 Å². The molecule has 0 fully saturated rings. The fourth-order valence-corrected chi connectivity index (χ4v) is 3.09. The first-order chi connectivity index (χ1) is 15.7. The predicted molar refractivity (Wildman–Crippen MR) is 123 cm³/mol. The van der Waals surface area contributed by atoms with Gasteiger partial charge in [-0.2, -0.15) is 0 Å². The zero-order valence-corrected chi connectivity index (χ0v) is 18.3. The number of nitro groups is 1. The number of ether oxygens (including phenoxy) is 1. The summed E-state index contributed by atoms with van der Waals surface area (Å²) in [6.45, 7) is 0. The van der Waals surface area contributed by atoms with Crippen molar-refractivity contribution in [2.75, 3.05) is 12.4 Å². The van der Waals surface area contributed by atoms with Crippen LogP contribution in [0, 0.1) is 10.1 Å². The van der Waals surface area contributed by atoms with Gasteiger partial charge < -0.3 is 25.8 Å². The molecule has 1 amide bonds. The zero-order chi connectivity index (χ0) is 24.4. The quantitative estimate of drug-likeness (QED) is 0.172. The lowest BCUT2D eigenvalue weighted by molar-refractivity contribution is -0.384. The van der Waals surface area contributed by atoms with Crippen molar-refractivity contribution in [3.8, 4) is 0 Å². The van der Waals surface area contributed by atoms with E-state index in [1.54, 1.807) is 30.3 Å². The molecular formula is C21H22N4O7S. The van der Waals surface area contributed by atoms with Crippen LogP contribution in [0.15, 0.2) is 54.6 Å². The third-order valence-corrected chi connectivity index (χ3v) is 4.64. The summed E-state index contributed by atoms with van der Waals surface area (Å²) in [5.74, 6) is -2.72. The maximum absolute atomic E-state index is 12.8. The highest BCUT2D eigenvalue weighted by molar-refractivity contribution is 7.80. The van der Waals surface area contributed by atoms with Gasteiger partial charge in [0.25, 0.3) is 5.69 Å². The van der Waals surface area contributed by atoms with Gasteiger partial charge in [0, 0.05) is 24.2 Å². The van der Waals surface area contributed by atoms with Crippen LogP contribution in [-0.4, -0.2) is 52.2 Å². The van der Waals surface area contributed by atoms with E-state index in [-0.39, 0.29) is 17.2 Å². The number of nitrogens with zero attached hydrogens (tertiary/aromatic N) is 1. The first-order valence-electron chi connectivity index (χ1n) is 9.65. The lowest BCUT2D eigenvalue weighted by atomic mass is 10.1. The van der Waals surface area contributed by atoms with E-state index in [1.165, 1.54) is 31.4 Å². The van der Waals surface area contributed by atoms with Crippen molar-refractivity contribution in [3.63, 3.8) is 0 Å². The number of non-ortho nitro benzene ring substituents is 1. The molecule has 0 aliphatic rings. The molecule has 2 atom stereocenters. The second-order valence-electron chi connectivity index (χ2n) is 6.83. The Morgan fingerprint density at radius 1 is 1.06 bits per heavy atom. The van der Waals surface area contributed by atoms with Gasteiger partial charge in [0.15, 0.2) is 5.11 Å². The molecule has 4 N–H and O–H groups in total. The van der Waals surface area contributed by atoms with E-state index >= 15 is 0 Å². The molecule has 2 aromatic rings. The van der Waals surface area contributed by atoms with Crippen LogP contribution in [0.4, 0.5) is 11.4 Å². The molecule has 0 saturated heterocycles. The third kappa shape index (κ3) is 8.18. The highest BCUT2D eigenvalue weighted by atomic mass is 32.1. The first kappa shape index (κ1) is 25.2. The number of carboxylic acids is 1. The van der Waals surface area contributed by atoms with Crippen LogP contribution >= 0.6 is 12.2 Å². The molecule has 0 aliphatic heterocycles. The molecule has 0 radical (unpaired) electrons. The molecule has 33 heavy (non-hydrogen) atoms. The number of carboxylic acid groups (broad SMARTS) is 1. The summed E-state index contributed by atoms with van der Waals surface area (Å²) in [5, 5.41) is 27.7. The Morgan fingerprint density at radius 3 is 2.24 bits per heavy atom. The Hall–Kier alpha value is -4.06. The maximum atomic E-state index is 12.8. The fourth-order valence-electron chi connectivity index (χ4n) is 2.83. The number of carbonyl (C=O) groups excluding carboxylic acids is 2. The number of carbonyl (C=O) groups is 3. The number of nitrogens with one attached hydrogen (secondary N) is 3. The van der Waals surface area contributed by atoms with E-state index in [0.29, 0.717) is 5.69 Å². The van der Waals surface area contributed by atoms with Gasteiger partial charge in [0.05, 0.1) is 18.5 Å². The summed E-state index contributed by atoms with van der Waals surface area (Å²) in [5.41, 5.74) is 1.05. The van der Waals surface area contributed by atoms with Crippen LogP contribution < -0.4 is 16.0 Å². The minimum absolute atomic E-state index is 0.0806. The monoisotopic (exact) mass is 474 g/mol. The molecule has 0 heterocycles. The summed E-state index contributed by atoms with van der Waals surface area (Å²) in [6, 6.07) is 11.9. The number of amides is 1. The van der Waals surface area contributed by atoms with Gasteiger partial charge in [-0.1, -0.05) is 30.3 Å². The van der Waals surface area contributed by atoms with Crippen LogP contribution in [0.1, 0.15) is 12.0 Å². The van der Waals surface area contributed by atoms with E-state index in [1.807, 2.05) is 0 Å². The number of esters is 1. The van der Waals surface area contributed by atoms with Gasteiger partial charge in [0.1, 0.15) is 12.1 Å². The van der Waals surface area contributed by atoms with E-state index in [4.69, 9.17) is 17.0 Å². The standard InChI is InChI=1S/C21H22N4O7S/c1-32-20(29)17(11-13-5-3-2-4-6-13)23-19(28)16(12-18(26)27)24-21(33)22-14-7-9-15(10-8-14)25(30)31/h2-10,16-17H,11-12H2,1H3,(H,23,28)(H,26,27)(H2,22,24,33). The summed E-state index contributed by atoms with van der Waals surface area (Å²) < 4.78 is 4.76. The largest absolute Gasteiger partial charge is 0.481 e. The zero-order valence-electron chi connectivity index (χ0n) is 17.5. The SMILES string of the molecule is COC(=O)C(Cc1ccccc1)NC(=O)C(CC(=O)O)NC(=S)Nc1ccc([N+](=O)[O-])cc1. The molecular weight excluding hydrogens is 452 g/mol. The van der Waals surface area contributed by atoms with Crippen molar-refractivity contribution in [2.24, 2.45) is 0 Å². The van der Waals surface area contributed by atoms with Crippen LogP contribution in [0.2, 0.25) is 0 Å². The average Bonchev–Trinajstić information content (AvgIpc) is 2.78. The molecule has 2 rings (SSSR count). The Bertz CT molecular complexity index is 1020. The topological polar surface area (TPSA) is 160 Å². The molecule has 0 aromatic heterocycles. The Balaban J connectivity index is 2.08. The molecule has 2 aromatic carbocycles. The molecule has 11 nitrogen and oxygen atoms in total. The van der Waals surface area contributed by atoms with Crippen molar-refractivity contribution in [2.45, 2.75) is 24.9 Å². The number of rotatable bonds is 10. The smallest absolute Gasteiger partial charge is 0.328 e. The lowest BCUT2D eigenvalue weighted by Gasteiger charge is -2.22. The molecule has 2 unspecified atom stereocenters. The summed E-state index contributed by atoms with van der Waals surface area (Å²) >= 11 is 5.14. The molecule has 12 heteroatoms. The summed E-state index contributed by atoms with van der Waals surface area (Å²) in [7, 11) is 1.18. The Morgan fingerprint density at radius 2 is 1.70 bits per heavy atom. The number of benzene rings is 2. The summed E-state index contributed by atoms with van der Waals surface area (Å²) in [6.07, 6.45) is -0.475. The van der Waals surface area contributed by atoms with Crippen LogP contribution in [0.5, 0.6) is 0 Å².